The van der Waals surface area contributed by atoms with Crippen LogP contribution in [0.4, 0.5) is 0 Å². The number of hydrogen-bond donors (Lipinski definition) is 0. The summed E-state index contributed by atoms with van der Waals surface area (Å²) in [5.41, 5.74) is 5.40. The van der Waals surface area contributed by atoms with Gasteiger partial charge in [0.15, 0.2) is 0 Å². The van der Waals surface area contributed by atoms with Crippen molar-refractivity contribution in [2.45, 2.75) is 117 Å². The van der Waals surface area contributed by atoms with Gasteiger partial charge in [-0.15, -0.1) is 45.3 Å². The van der Waals surface area contributed by atoms with Crippen LogP contribution in [0.2, 0.25) is 0 Å². The monoisotopic (exact) mass is 747 g/mol. The molecule has 0 amide bonds. The van der Waals surface area contributed by atoms with Crippen LogP contribution in [-0.2, 0) is 19.4 Å². The lowest BCUT2D eigenvalue weighted by Gasteiger charge is -2.09. The predicted molar refractivity (Wildman–Crippen MR) is 233 cm³/mol. The summed E-state index contributed by atoms with van der Waals surface area (Å²) >= 11 is 7.85. The van der Waals surface area contributed by atoms with Gasteiger partial charge in [0.05, 0.1) is 0 Å². The van der Waals surface area contributed by atoms with E-state index in [2.05, 4.69) is 110 Å². The zero-order valence-corrected chi connectivity index (χ0v) is 34.0. The lowest BCUT2D eigenvalue weighted by atomic mass is 10.1. The van der Waals surface area contributed by atoms with E-state index in [0.717, 1.165) is 6.54 Å². The molecular weight excluding hydrogens is 695 g/mol. The van der Waals surface area contributed by atoms with Crippen LogP contribution in [0.1, 0.15) is 108 Å². The smallest absolute Gasteiger partial charge is 0.0497 e. The molecule has 0 atom stereocenters. The molecule has 0 saturated carbocycles. The highest BCUT2D eigenvalue weighted by molar-refractivity contribution is 7.24. The summed E-state index contributed by atoms with van der Waals surface area (Å²) in [5, 5.41) is 2.74. The Morgan fingerprint density at radius 1 is 0.392 bits per heavy atom. The van der Waals surface area contributed by atoms with Gasteiger partial charge in [-0.3, -0.25) is 0 Å². The molecule has 0 aliphatic carbocycles. The third kappa shape index (κ3) is 8.65. The van der Waals surface area contributed by atoms with Gasteiger partial charge in [0, 0.05) is 67.4 Å². The summed E-state index contributed by atoms with van der Waals surface area (Å²) in [5.74, 6) is 0. The topological polar surface area (TPSA) is 4.93 Å². The van der Waals surface area contributed by atoms with E-state index in [1.807, 2.05) is 45.3 Å². The van der Waals surface area contributed by atoms with E-state index in [1.165, 1.54) is 162 Å². The minimum absolute atomic E-state index is 1.06. The highest BCUT2D eigenvalue weighted by Crippen LogP contribution is 2.42. The summed E-state index contributed by atoms with van der Waals surface area (Å²) in [7, 11) is 0. The molecule has 5 heterocycles. The summed E-state index contributed by atoms with van der Waals surface area (Å²) in [6.07, 6.45) is 18.1. The van der Waals surface area contributed by atoms with Gasteiger partial charge in [0.1, 0.15) is 0 Å². The number of hydrogen-bond acceptors (Lipinski definition) is 4. The second-order valence-electron chi connectivity index (χ2n) is 14.2. The van der Waals surface area contributed by atoms with Crippen molar-refractivity contribution in [1.82, 2.24) is 4.57 Å². The molecule has 266 valence electrons. The Balaban J connectivity index is 1.16. The SMILES string of the molecule is CCCCCCc1ccc(-c2ccc(-c3ccc4c5ccc(-c6ccc(-c7ccc(CCCCCC)s7)s6)cc5n(CCCCCC)c4c3)s2)s1. The summed E-state index contributed by atoms with van der Waals surface area (Å²) in [6.45, 7) is 7.94. The average Bonchev–Trinajstić information content (AvgIpc) is 4.00. The van der Waals surface area contributed by atoms with Crippen LogP contribution in [0.15, 0.2) is 84.9 Å². The van der Waals surface area contributed by atoms with Crippen LogP contribution < -0.4 is 0 Å². The van der Waals surface area contributed by atoms with Crippen molar-refractivity contribution in [2.24, 2.45) is 0 Å². The molecular formula is C46H53NS4. The van der Waals surface area contributed by atoms with Gasteiger partial charge in [0.2, 0.25) is 0 Å². The maximum atomic E-state index is 2.63. The Morgan fingerprint density at radius 2 is 0.804 bits per heavy atom. The highest BCUT2D eigenvalue weighted by atomic mass is 32.1. The Hall–Kier alpha value is -2.96. The van der Waals surface area contributed by atoms with Crippen molar-refractivity contribution in [3.05, 3.63) is 94.7 Å². The van der Waals surface area contributed by atoms with Gasteiger partial charge in [-0.25, -0.2) is 0 Å². The zero-order valence-electron chi connectivity index (χ0n) is 30.8. The minimum Gasteiger partial charge on any atom is -0.340 e. The summed E-state index contributed by atoms with van der Waals surface area (Å²) in [6, 6.07) is 33.2. The van der Waals surface area contributed by atoms with E-state index >= 15 is 0 Å². The van der Waals surface area contributed by atoms with E-state index < -0.39 is 0 Å². The van der Waals surface area contributed by atoms with E-state index in [-0.39, 0.29) is 0 Å². The molecule has 0 saturated heterocycles. The number of unbranched alkanes of at least 4 members (excludes halogenated alkanes) is 9. The lowest BCUT2D eigenvalue weighted by molar-refractivity contribution is 0.602. The van der Waals surface area contributed by atoms with Crippen LogP contribution >= 0.6 is 45.3 Å². The van der Waals surface area contributed by atoms with Gasteiger partial charge >= 0.3 is 0 Å². The van der Waals surface area contributed by atoms with Crippen molar-refractivity contribution < 1.29 is 0 Å². The number of benzene rings is 2. The number of nitrogens with zero attached hydrogens (tertiary/aromatic N) is 1. The van der Waals surface area contributed by atoms with Gasteiger partial charge in [-0.2, -0.15) is 0 Å². The van der Waals surface area contributed by atoms with Crippen molar-refractivity contribution >= 4 is 67.2 Å². The van der Waals surface area contributed by atoms with E-state index in [1.54, 1.807) is 0 Å². The maximum absolute atomic E-state index is 2.63. The van der Waals surface area contributed by atoms with Crippen LogP contribution in [0.25, 0.3) is 62.2 Å². The maximum Gasteiger partial charge on any atom is 0.0497 e. The van der Waals surface area contributed by atoms with Crippen molar-refractivity contribution in [3.8, 4) is 40.4 Å². The molecule has 7 aromatic rings. The Labute approximate surface area is 322 Å². The third-order valence-corrected chi connectivity index (χ3v) is 15.2. The third-order valence-electron chi connectivity index (χ3n) is 10.2. The van der Waals surface area contributed by atoms with Crippen LogP contribution in [0, 0.1) is 0 Å². The first-order valence-corrected chi connectivity index (χ1v) is 22.9. The fraction of sp³-hybridized carbons (Fsp3) is 0.391. The first-order chi connectivity index (χ1) is 25.1. The van der Waals surface area contributed by atoms with Crippen molar-refractivity contribution in [2.75, 3.05) is 0 Å². The number of thiophene rings is 4. The Bertz CT molecular complexity index is 2000. The summed E-state index contributed by atoms with van der Waals surface area (Å²) < 4.78 is 2.63. The minimum atomic E-state index is 1.06. The highest BCUT2D eigenvalue weighted by Gasteiger charge is 2.16. The average molecular weight is 748 g/mol. The van der Waals surface area contributed by atoms with E-state index in [9.17, 15) is 0 Å². The molecule has 51 heavy (non-hydrogen) atoms. The molecule has 2 aromatic carbocycles. The first kappa shape index (κ1) is 36.4. The predicted octanol–water partition coefficient (Wildman–Crippen LogP) is 16.5. The van der Waals surface area contributed by atoms with Crippen LogP contribution in [0.5, 0.6) is 0 Å². The fourth-order valence-electron chi connectivity index (χ4n) is 7.33. The van der Waals surface area contributed by atoms with Gasteiger partial charge < -0.3 is 4.57 Å². The number of aryl methyl sites for hydroxylation is 3. The molecule has 1 nitrogen and oxygen atoms in total. The van der Waals surface area contributed by atoms with Crippen molar-refractivity contribution in [3.63, 3.8) is 0 Å². The molecule has 0 fully saturated rings. The molecule has 5 aromatic heterocycles. The fourth-order valence-corrected chi connectivity index (χ4v) is 11.6. The van der Waals surface area contributed by atoms with Crippen molar-refractivity contribution in [1.29, 1.82) is 0 Å². The quantitative estimate of drug-likeness (QED) is 0.0726. The molecule has 7 rings (SSSR count). The normalized spacial score (nSPS) is 11.8. The van der Waals surface area contributed by atoms with Crippen LogP contribution in [-0.4, -0.2) is 4.57 Å². The number of rotatable bonds is 19. The molecule has 5 heteroatoms. The van der Waals surface area contributed by atoms with Gasteiger partial charge in [-0.05, 0) is 104 Å². The molecule has 0 bridgehead atoms. The molecule has 0 radical (unpaired) electrons. The first-order valence-electron chi connectivity index (χ1n) is 19.6. The van der Waals surface area contributed by atoms with Gasteiger partial charge in [0.25, 0.3) is 0 Å². The molecule has 0 aliphatic heterocycles. The standard InChI is InChI=1S/C46H53NS4/c1-4-7-10-13-16-35-20-24-43(48-35)45-28-26-41(50-45)33-18-22-37-38-23-19-34(32-40(38)47(39(37)31-33)30-15-12-9-6-3)42-27-29-46(51-42)44-25-21-36(49-44)17-14-11-8-5-2/h18-29,31-32H,4-17,30H2,1-3H3. The molecule has 0 aliphatic rings. The lowest BCUT2D eigenvalue weighted by Crippen LogP contribution is -1.98. The molecule has 0 spiro atoms. The van der Waals surface area contributed by atoms with E-state index in [0.29, 0.717) is 0 Å². The van der Waals surface area contributed by atoms with Gasteiger partial charge in [-0.1, -0.05) is 103 Å². The second-order valence-corrected chi connectivity index (χ2v) is 18.7. The molecule has 0 N–H and O–H groups in total. The van der Waals surface area contributed by atoms with E-state index in [4.69, 9.17) is 0 Å². The largest absolute Gasteiger partial charge is 0.340 e. The second kappa shape index (κ2) is 17.7. The Morgan fingerprint density at radius 3 is 1.27 bits per heavy atom. The summed E-state index contributed by atoms with van der Waals surface area (Å²) in [4.78, 5) is 11.4. The molecule has 0 unspecified atom stereocenters. The number of aromatic nitrogens is 1. The van der Waals surface area contributed by atoms with Crippen LogP contribution in [0.3, 0.4) is 0 Å². The zero-order chi connectivity index (χ0) is 35.0. The number of fused-ring (bicyclic) bond motifs is 3. The Kier molecular flexibility index (Phi) is 12.6.